The molecule has 2 aromatic heterocycles. The molecule has 0 aliphatic carbocycles. The number of rotatable bonds is 3. The molecule has 3 heterocycles. The lowest BCUT2D eigenvalue weighted by Crippen LogP contribution is -2.22. The van der Waals surface area contributed by atoms with Crippen LogP contribution in [-0.2, 0) is 6.18 Å². The highest BCUT2D eigenvalue weighted by atomic mass is 32.1. The van der Waals surface area contributed by atoms with Crippen molar-refractivity contribution in [1.82, 2.24) is 14.3 Å². The lowest BCUT2D eigenvalue weighted by Gasteiger charge is -2.18. The van der Waals surface area contributed by atoms with Gasteiger partial charge in [-0.3, -0.25) is 0 Å². The zero-order valence-electron chi connectivity index (χ0n) is 14.0. The zero-order valence-corrected chi connectivity index (χ0v) is 14.8. The van der Waals surface area contributed by atoms with Gasteiger partial charge in [0, 0.05) is 30.1 Å². The average molecular weight is 392 g/mol. The Hall–Kier alpha value is -2.52. The zero-order chi connectivity index (χ0) is 19.0. The molecule has 1 fully saturated rings. The molecular weight excluding hydrogens is 377 g/mol. The van der Waals surface area contributed by atoms with Crippen molar-refractivity contribution in [2.75, 3.05) is 18.0 Å². The van der Waals surface area contributed by atoms with Crippen LogP contribution in [0.1, 0.15) is 12.0 Å². The number of hydrogen-bond acceptors (Lipinski definition) is 6. The summed E-state index contributed by atoms with van der Waals surface area (Å²) in [5.74, 6) is 1.09. The lowest BCUT2D eigenvalue weighted by atomic mass is 10.1. The molecule has 0 amide bonds. The van der Waals surface area contributed by atoms with E-state index in [1.807, 2.05) is 10.3 Å². The van der Waals surface area contributed by atoms with Gasteiger partial charge in [-0.25, -0.2) is 14.3 Å². The number of aliphatic hydroxyl groups excluding tert-OH is 1. The van der Waals surface area contributed by atoms with Crippen molar-refractivity contribution in [2.24, 2.45) is 0 Å². The molecule has 1 N–H and O–H groups in total. The minimum atomic E-state index is -4.38. The molecular formula is C18H15F3N4OS. The van der Waals surface area contributed by atoms with E-state index in [0.717, 1.165) is 17.7 Å². The van der Waals surface area contributed by atoms with Gasteiger partial charge in [0.25, 0.3) is 0 Å². The molecule has 0 radical (unpaired) electrons. The fourth-order valence-corrected chi connectivity index (χ4v) is 3.48. The Balaban J connectivity index is 1.76. The smallest absolute Gasteiger partial charge is 0.391 e. The monoisotopic (exact) mass is 392 g/mol. The first kappa shape index (κ1) is 17.9. The molecule has 0 spiro atoms. The number of benzene rings is 1. The van der Waals surface area contributed by atoms with E-state index in [2.05, 4.69) is 14.3 Å². The SMILES string of the molecule is O[C@H]1CCN(c2cc(-c3ccc(C(F)(F)F)cc3)nc(-c3cnsc3)n2)C1. The van der Waals surface area contributed by atoms with E-state index >= 15 is 0 Å². The van der Waals surface area contributed by atoms with Gasteiger partial charge in [0.1, 0.15) is 5.82 Å². The first-order chi connectivity index (χ1) is 12.9. The maximum atomic E-state index is 12.8. The number of β-amino-alcohol motifs (C(OH)–C–C–N with tert-alkyl or cyclic N) is 1. The van der Waals surface area contributed by atoms with Crippen LogP contribution in [0.15, 0.2) is 41.9 Å². The van der Waals surface area contributed by atoms with Gasteiger partial charge in [0.15, 0.2) is 5.82 Å². The fraction of sp³-hybridized carbons (Fsp3) is 0.278. The topological polar surface area (TPSA) is 62.1 Å². The number of halogens is 3. The molecule has 0 unspecified atom stereocenters. The highest BCUT2D eigenvalue weighted by Crippen LogP contribution is 2.32. The summed E-state index contributed by atoms with van der Waals surface area (Å²) in [4.78, 5) is 11.0. The van der Waals surface area contributed by atoms with Crippen LogP contribution in [0.25, 0.3) is 22.6 Å². The number of anilines is 1. The van der Waals surface area contributed by atoms with Crippen molar-refractivity contribution < 1.29 is 18.3 Å². The third-order valence-corrected chi connectivity index (χ3v) is 4.98. The van der Waals surface area contributed by atoms with E-state index in [4.69, 9.17) is 0 Å². The van der Waals surface area contributed by atoms with E-state index in [1.54, 1.807) is 12.3 Å². The van der Waals surface area contributed by atoms with E-state index in [9.17, 15) is 18.3 Å². The minimum absolute atomic E-state index is 0.416. The van der Waals surface area contributed by atoms with Gasteiger partial charge < -0.3 is 10.0 Å². The molecule has 1 aromatic carbocycles. The van der Waals surface area contributed by atoms with Crippen molar-refractivity contribution in [3.63, 3.8) is 0 Å². The molecule has 140 valence electrons. The first-order valence-corrected chi connectivity index (χ1v) is 9.13. The normalized spacial score (nSPS) is 17.5. The Labute approximate surface area is 157 Å². The molecule has 1 aliphatic rings. The predicted molar refractivity (Wildman–Crippen MR) is 96.4 cm³/mol. The predicted octanol–water partition coefficient (Wildman–Crippen LogP) is 3.86. The summed E-state index contributed by atoms with van der Waals surface area (Å²) in [7, 11) is 0. The Morgan fingerprint density at radius 3 is 2.48 bits per heavy atom. The van der Waals surface area contributed by atoms with Crippen LogP contribution in [0.2, 0.25) is 0 Å². The van der Waals surface area contributed by atoms with E-state index < -0.39 is 17.8 Å². The summed E-state index contributed by atoms with van der Waals surface area (Å²) >= 11 is 1.27. The van der Waals surface area contributed by atoms with Crippen molar-refractivity contribution in [2.45, 2.75) is 18.7 Å². The molecule has 4 rings (SSSR count). The number of nitrogens with zero attached hydrogens (tertiary/aromatic N) is 4. The van der Waals surface area contributed by atoms with Crippen molar-refractivity contribution in [3.05, 3.63) is 47.5 Å². The maximum absolute atomic E-state index is 12.8. The van der Waals surface area contributed by atoms with Crippen LogP contribution >= 0.6 is 11.5 Å². The van der Waals surface area contributed by atoms with Gasteiger partial charge in [0.05, 0.1) is 29.1 Å². The summed E-state index contributed by atoms with van der Waals surface area (Å²) < 4.78 is 42.5. The van der Waals surface area contributed by atoms with Gasteiger partial charge in [-0.05, 0) is 30.1 Å². The molecule has 27 heavy (non-hydrogen) atoms. The maximum Gasteiger partial charge on any atom is 0.416 e. The van der Waals surface area contributed by atoms with Crippen LogP contribution in [0.5, 0.6) is 0 Å². The van der Waals surface area contributed by atoms with E-state index in [-0.39, 0.29) is 0 Å². The number of alkyl halides is 3. The number of hydrogen-bond donors (Lipinski definition) is 1. The number of aromatic nitrogens is 3. The molecule has 5 nitrogen and oxygen atoms in total. The van der Waals surface area contributed by atoms with Gasteiger partial charge in [-0.1, -0.05) is 12.1 Å². The van der Waals surface area contributed by atoms with Crippen LogP contribution in [0.4, 0.5) is 19.0 Å². The standard InChI is InChI=1S/C18H15F3N4OS/c19-18(20,21)13-3-1-11(2-4-13)15-7-16(25-6-5-14(26)9-25)24-17(23-15)12-8-22-27-10-12/h1-4,7-8,10,14,26H,5-6,9H2/t14-/m0/s1. The Kier molecular flexibility index (Phi) is 4.56. The lowest BCUT2D eigenvalue weighted by molar-refractivity contribution is -0.137. The Morgan fingerprint density at radius 2 is 1.89 bits per heavy atom. The molecule has 3 aromatic rings. The largest absolute Gasteiger partial charge is 0.416 e. The second-order valence-corrected chi connectivity index (χ2v) is 6.97. The highest BCUT2D eigenvalue weighted by Gasteiger charge is 2.30. The van der Waals surface area contributed by atoms with Crippen molar-refractivity contribution in [1.29, 1.82) is 0 Å². The fourth-order valence-electron chi connectivity index (χ4n) is 2.97. The van der Waals surface area contributed by atoms with Crippen LogP contribution < -0.4 is 4.90 Å². The molecule has 0 saturated carbocycles. The molecule has 1 atom stereocenters. The summed E-state index contributed by atoms with van der Waals surface area (Å²) in [6.07, 6.45) is -2.50. The third kappa shape index (κ3) is 3.79. The summed E-state index contributed by atoms with van der Waals surface area (Å²) in [5.41, 5.74) is 1.13. The molecule has 1 saturated heterocycles. The quantitative estimate of drug-likeness (QED) is 0.734. The second-order valence-electron chi connectivity index (χ2n) is 6.31. The Morgan fingerprint density at radius 1 is 1.11 bits per heavy atom. The van der Waals surface area contributed by atoms with Gasteiger partial charge in [0.2, 0.25) is 0 Å². The van der Waals surface area contributed by atoms with E-state index in [1.165, 1.54) is 23.7 Å². The van der Waals surface area contributed by atoms with Crippen LogP contribution in [0.3, 0.4) is 0 Å². The van der Waals surface area contributed by atoms with Gasteiger partial charge in [-0.2, -0.15) is 13.2 Å². The highest BCUT2D eigenvalue weighted by molar-refractivity contribution is 7.03. The summed E-state index contributed by atoms with van der Waals surface area (Å²) in [6, 6.07) is 6.64. The third-order valence-electron chi connectivity index (χ3n) is 4.40. The van der Waals surface area contributed by atoms with E-state index in [0.29, 0.717) is 42.4 Å². The van der Waals surface area contributed by atoms with Gasteiger partial charge >= 0.3 is 6.18 Å². The number of aliphatic hydroxyl groups is 1. The molecule has 9 heteroatoms. The minimum Gasteiger partial charge on any atom is -0.391 e. The summed E-state index contributed by atoms with van der Waals surface area (Å²) in [6.45, 7) is 1.12. The first-order valence-electron chi connectivity index (χ1n) is 8.29. The molecule has 1 aliphatic heterocycles. The molecule has 0 bridgehead atoms. The van der Waals surface area contributed by atoms with Crippen LogP contribution in [-0.4, -0.2) is 38.6 Å². The Bertz CT molecular complexity index is 929. The second kappa shape index (κ2) is 6.90. The van der Waals surface area contributed by atoms with Crippen LogP contribution in [0, 0.1) is 0 Å². The van der Waals surface area contributed by atoms with Crippen molar-refractivity contribution >= 4 is 17.4 Å². The average Bonchev–Trinajstić information content (AvgIpc) is 3.32. The van der Waals surface area contributed by atoms with Crippen molar-refractivity contribution in [3.8, 4) is 22.6 Å². The van der Waals surface area contributed by atoms with Gasteiger partial charge in [-0.15, -0.1) is 0 Å². The summed E-state index contributed by atoms with van der Waals surface area (Å²) in [5, 5.41) is 11.6.